The van der Waals surface area contributed by atoms with E-state index in [9.17, 15) is 9.59 Å². The summed E-state index contributed by atoms with van der Waals surface area (Å²) in [6, 6.07) is 0. The van der Waals surface area contributed by atoms with E-state index in [4.69, 9.17) is 4.74 Å². The Kier molecular flexibility index (Phi) is 3.02. The molecule has 1 rings (SSSR count). The molecule has 66 valence electrons. The van der Waals surface area contributed by atoms with E-state index >= 15 is 0 Å². The van der Waals surface area contributed by atoms with E-state index in [0.717, 1.165) is 0 Å². The lowest BCUT2D eigenvalue weighted by Crippen LogP contribution is -2.09. The van der Waals surface area contributed by atoms with Gasteiger partial charge in [-0.3, -0.25) is 9.59 Å². The van der Waals surface area contributed by atoms with E-state index in [2.05, 4.69) is 0 Å². The standard InChI is InChI=1S/C9H12O3/c1-2-12-9(11)6-7-3-4-8(10)5-7/h3-4,7H,2,5-6H2,1H3. The molecule has 12 heavy (non-hydrogen) atoms. The summed E-state index contributed by atoms with van der Waals surface area (Å²) in [5, 5.41) is 0. The number of hydrogen-bond acceptors (Lipinski definition) is 3. The van der Waals surface area contributed by atoms with Crippen LogP contribution >= 0.6 is 0 Å². The summed E-state index contributed by atoms with van der Waals surface area (Å²) >= 11 is 0. The average Bonchev–Trinajstić information content (AvgIpc) is 2.36. The summed E-state index contributed by atoms with van der Waals surface area (Å²) in [6.07, 6.45) is 4.10. The monoisotopic (exact) mass is 168 g/mol. The number of allylic oxidation sites excluding steroid dienone is 2. The van der Waals surface area contributed by atoms with Gasteiger partial charge in [0, 0.05) is 6.42 Å². The van der Waals surface area contributed by atoms with Crippen molar-refractivity contribution in [1.29, 1.82) is 0 Å². The largest absolute Gasteiger partial charge is 0.466 e. The second kappa shape index (κ2) is 4.04. The van der Waals surface area contributed by atoms with Crippen LogP contribution in [0.1, 0.15) is 19.8 Å². The molecule has 0 spiro atoms. The second-order valence-corrected chi connectivity index (χ2v) is 2.80. The molecule has 3 nitrogen and oxygen atoms in total. The van der Waals surface area contributed by atoms with Crippen LogP contribution in [0.3, 0.4) is 0 Å². The molecule has 0 fully saturated rings. The Morgan fingerprint density at radius 1 is 1.75 bits per heavy atom. The number of rotatable bonds is 3. The van der Waals surface area contributed by atoms with Crippen molar-refractivity contribution < 1.29 is 14.3 Å². The fraction of sp³-hybridized carbons (Fsp3) is 0.556. The lowest BCUT2D eigenvalue weighted by atomic mass is 10.1. The van der Waals surface area contributed by atoms with Gasteiger partial charge in [-0.2, -0.15) is 0 Å². The second-order valence-electron chi connectivity index (χ2n) is 2.80. The maximum atomic E-state index is 10.9. The third kappa shape index (κ3) is 2.49. The highest BCUT2D eigenvalue weighted by molar-refractivity contribution is 5.92. The maximum absolute atomic E-state index is 10.9. The molecule has 0 N–H and O–H groups in total. The van der Waals surface area contributed by atoms with Crippen LogP contribution in [-0.4, -0.2) is 18.4 Å². The predicted octanol–water partition coefficient (Wildman–Crippen LogP) is 1.08. The van der Waals surface area contributed by atoms with Crippen LogP contribution in [0.4, 0.5) is 0 Å². The Morgan fingerprint density at radius 3 is 3.00 bits per heavy atom. The van der Waals surface area contributed by atoms with Gasteiger partial charge < -0.3 is 4.74 Å². The number of hydrogen-bond donors (Lipinski definition) is 0. The van der Waals surface area contributed by atoms with Gasteiger partial charge in [-0.05, 0) is 18.9 Å². The Bertz CT molecular complexity index is 218. The lowest BCUT2D eigenvalue weighted by molar-refractivity contribution is -0.143. The molecule has 1 aliphatic rings. The molecular formula is C9H12O3. The van der Waals surface area contributed by atoms with Gasteiger partial charge in [0.15, 0.2) is 5.78 Å². The van der Waals surface area contributed by atoms with Gasteiger partial charge >= 0.3 is 5.97 Å². The average molecular weight is 168 g/mol. The first-order valence-corrected chi connectivity index (χ1v) is 4.09. The van der Waals surface area contributed by atoms with Gasteiger partial charge in [-0.1, -0.05) is 6.08 Å². The first-order valence-electron chi connectivity index (χ1n) is 4.09. The summed E-state index contributed by atoms with van der Waals surface area (Å²) in [4.78, 5) is 21.7. The van der Waals surface area contributed by atoms with Crippen LogP contribution in [0.5, 0.6) is 0 Å². The molecule has 0 saturated heterocycles. The van der Waals surface area contributed by atoms with Crippen molar-refractivity contribution in [2.75, 3.05) is 6.61 Å². The fourth-order valence-electron chi connectivity index (χ4n) is 1.21. The Hall–Kier alpha value is -1.12. The normalized spacial score (nSPS) is 21.4. The van der Waals surface area contributed by atoms with Crippen LogP contribution in [0, 0.1) is 5.92 Å². The summed E-state index contributed by atoms with van der Waals surface area (Å²) in [5.74, 6) is -0.0531. The number of esters is 1. The molecule has 1 aliphatic carbocycles. The minimum Gasteiger partial charge on any atom is -0.466 e. The summed E-state index contributed by atoms with van der Waals surface area (Å²) in [6.45, 7) is 2.18. The first-order chi connectivity index (χ1) is 5.72. The zero-order chi connectivity index (χ0) is 8.97. The van der Waals surface area contributed by atoms with E-state index in [0.29, 0.717) is 19.4 Å². The quantitative estimate of drug-likeness (QED) is 0.592. The van der Waals surface area contributed by atoms with Gasteiger partial charge in [0.25, 0.3) is 0 Å². The van der Waals surface area contributed by atoms with Crippen molar-refractivity contribution in [3.05, 3.63) is 12.2 Å². The Balaban J connectivity index is 2.28. The van der Waals surface area contributed by atoms with Crippen LogP contribution in [-0.2, 0) is 14.3 Å². The summed E-state index contributed by atoms with van der Waals surface area (Å²) < 4.78 is 4.75. The highest BCUT2D eigenvalue weighted by Gasteiger charge is 2.19. The van der Waals surface area contributed by atoms with Gasteiger partial charge in [-0.15, -0.1) is 0 Å². The van der Waals surface area contributed by atoms with Gasteiger partial charge in [0.2, 0.25) is 0 Å². The minimum atomic E-state index is -0.221. The smallest absolute Gasteiger partial charge is 0.306 e. The highest BCUT2D eigenvalue weighted by atomic mass is 16.5. The van der Waals surface area contributed by atoms with E-state index in [-0.39, 0.29) is 17.7 Å². The van der Waals surface area contributed by atoms with E-state index in [1.165, 1.54) is 6.08 Å². The molecule has 0 amide bonds. The Morgan fingerprint density at radius 2 is 2.50 bits per heavy atom. The lowest BCUT2D eigenvalue weighted by Gasteiger charge is -2.04. The third-order valence-corrected chi connectivity index (χ3v) is 1.75. The van der Waals surface area contributed by atoms with Crippen molar-refractivity contribution in [2.45, 2.75) is 19.8 Å². The molecule has 0 heterocycles. The van der Waals surface area contributed by atoms with E-state index in [1.54, 1.807) is 13.0 Å². The molecule has 1 unspecified atom stereocenters. The number of carbonyl (C=O) groups excluding carboxylic acids is 2. The molecule has 0 aliphatic heterocycles. The van der Waals surface area contributed by atoms with Crippen LogP contribution in [0.25, 0.3) is 0 Å². The highest BCUT2D eigenvalue weighted by Crippen LogP contribution is 2.18. The first kappa shape index (κ1) is 8.97. The molecule has 0 bridgehead atoms. The molecule has 0 aromatic rings. The van der Waals surface area contributed by atoms with Crippen molar-refractivity contribution in [2.24, 2.45) is 5.92 Å². The SMILES string of the molecule is CCOC(=O)CC1C=CC(=O)C1. The minimum absolute atomic E-state index is 0.0662. The van der Waals surface area contributed by atoms with Gasteiger partial charge in [-0.25, -0.2) is 0 Å². The third-order valence-electron chi connectivity index (χ3n) is 1.75. The number of ketones is 1. The van der Waals surface area contributed by atoms with Crippen LogP contribution in [0.15, 0.2) is 12.2 Å². The number of carbonyl (C=O) groups is 2. The van der Waals surface area contributed by atoms with Gasteiger partial charge in [0.1, 0.15) is 0 Å². The maximum Gasteiger partial charge on any atom is 0.306 e. The molecule has 0 saturated carbocycles. The summed E-state index contributed by atoms with van der Waals surface area (Å²) in [5.41, 5.74) is 0. The van der Waals surface area contributed by atoms with Crippen LogP contribution in [0.2, 0.25) is 0 Å². The Labute approximate surface area is 71.4 Å². The topological polar surface area (TPSA) is 43.4 Å². The van der Waals surface area contributed by atoms with E-state index < -0.39 is 0 Å². The molecule has 0 aromatic heterocycles. The van der Waals surface area contributed by atoms with Crippen molar-refractivity contribution in [1.82, 2.24) is 0 Å². The van der Waals surface area contributed by atoms with Crippen molar-refractivity contribution in [3.63, 3.8) is 0 Å². The fourth-order valence-corrected chi connectivity index (χ4v) is 1.21. The molecule has 0 radical (unpaired) electrons. The zero-order valence-electron chi connectivity index (χ0n) is 7.08. The predicted molar refractivity (Wildman–Crippen MR) is 43.5 cm³/mol. The van der Waals surface area contributed by atoms with Gasteiger partial charge in [0.05, 0.1) is 13.0 Å². The summed E-state index contributed by atoms with van der Waals surface area (Å²) in [7, 11) is 0. The molecule has 0 aromatic carbocycles. The molecule has 3 heteroatoms. The van der Waals surface area contributed by atoms with Crippen molar-refractivity contribution >= 4 is 11.8 Å². The van der Waals surface area contributed by atoms with Crippen molar-refractivity contribution in [3.8, 4) is 0 Å². The van der Waals surface area contributed by atoms with Crippen LogP contribution < -0.4 is 0 Å². The van der Waals surface area contributed by atoms with E-state index in [1.807, 2.05) is 0 Å². The zero-order valence-corrected chi connectivity index (χ0v) is 7.08. The molecule has 1 atom stereocenters. The molecular weight excluding hydrogens is 156 g/mol. The number of ether oxygens (including phenoxy) is 1.